The smallest absolute Gasteiger partial charge is 0.257 e. The van der Waals surface area contributed by atoms with Crippen LogP contribution in [0.25, 0.3) is 0 Å². The van der Waals surface area contributed by atoms with Gasteiger partial charge in [0.2, 0.25) is 0 Å². The van der Waals surface area contributed by atoms with Gasteiger partial charge in [-0.05, 0) is 47.5 Å². The quantitative estimate of drug-likeness (QED) is 0.269. The Morgan fingerprint density at radius 3 is 2.31 bits per heavy atom. The van der Waals surface area contributed by atoms with Crippen LogP contribution in [0.1, 0.15) is 53.5 Å². The number of nitrogens with two attached hydrogens (primary N) is 1. The topological polar surface area (TPSA) is 84.7 Å². The van der Waals surface area contributed by atoms with Crippen molar-refractivity contribution in [1.29, 1.82) is 0 Å². The van der Waals surface area contributed by atoms with E-state index in [-0.39, 0.29) is 28.6 Å². The Hall–Kier alpha value is -3.42. The molecule has 0 aliphatic carbocycles. The van der Waals surface area contributed by atoms with Crippen LogP contribution in [-0.2, 0) is 5.41 Å². The third kappa shape index (κ3) is 6.62. The molecule has 3 N–H and O–H groups in total. The molecule has 1 amide bonds. The largest absolute Gasteiger partial charge is 0.494 e. The molecule has 6 nitrogen and oxygen atoms in total. The molecule has 8 heteroatoms. The highest BCUT2D eigenvalue weighted by molar-refractivity contribution is 7.80. The number of rotatable bonds is 8. The van der Waals surface area contributed by atoms with Gasteiger partial charge in [0.15, 0.2) is 10.9 Å². The summed E-state index contributed by atoms with van der Waals surface area (Å²) < 4.78 is 5.49. The van der Waals surface area contributed by atoms with E-state index in [0.717, 1.165) is 5.56 Å². The van der Waals surface area contributed by atoms with Gasteiger partial charge in [-0.1, -0.05) is 68.8 Å². The molecule has 0 aliphatic rings. The number of anilines is 2. The number of ketones is 1. The summed E-state index contributed by atoms with van der Waals surface area (Å²) in [6, 6.07) is 19.6. The predicted molar refractivity (Wildman–Crippen MR) is 151 cm³/mol. The maximum atomic E-state index is 12.8. The highest BCUT2D eigenvalue weighted by Gasteiger charge is 2.18. The maximum Gasteiger partial charge on any atom is 0.257 e. The molecule has 188 valence electrons. The number of thiocarbonyl (C=S) groups is 1. The molecule has 0 saturated carbocycles. The van der Waals surface area contributed by atoms with E-state index in [1.165, 1.54) is 7.11 Å². The van der Waals surface area contributed by atoms with E-state index in [0.29, 0.717) is 39.8 Å². The summed E-state index contributed by atoms with van der Waals surface area (Å²) in [5.74, 6) is 0.0477. The lowest BCUT2D eigenvalue weighted by Gasteiger charge is -2.24. The summed E-state index contributed by atoms with van der Waals surface area (Å²) in [4.78, 5) is 27.2. The van der Waals surface area contributed by atoms with Crippen LogP contribution in [0.5, 0.6) is 5.75 Å². The van der Waals surface area contributed by atoms with Crippen LogP contribution in [0, 0.1) is 0 Å². The van der Waals surface area contributed by atoms with Gasteiger partial charge in [0.1, 0.15) is 5.75 Å². The van der Waals surface area contributed by atoms with E-state index >= 15 is 0 Å². The number of ether oxygens (including phenoxy) is 1. The number of hydrogen-bond donors (Lipinski definition) is 2. The normalized spacial score (nSPS) is 11.0. The van der Waals surface area contributed by atoms with E-state index < -0.39 is 0 Å². The summed E-state index contributed by atoms with van der Waals surface area (Å²) in [5.41, 5.74) is 9.26. The monoisotopic (exact) mass is 523 g/mol. The first-order valence-electron chi connectivity index (χ1n) is 11.5. The van der Waals surface area contributed by atoms with E-state index in [2.05, 4.69) is 26.1 Å². The first-order chi connectivity index (χ1) is 17.0. The Morgan fingerprint density at radius 1 is 1.06 bits per heavy atom. The molecular weight excluding hydrogens is 494 g/mol. The van der Waals surface area contributed by atoms with Gasteiger partial charge in [-0.2, -0.15) is 0 Å². The van der Waals surface area contributed by atoms with Gasteiger partial charge in [0, 0.05) is 30.3 Å². The van der Waals surface area contributed by atoms with Crippen LogP contribution in [0.4, 0.5) is 11.4 Å². The summed E-state index contributed by atoms with van der Waals surface area (Å²) in [6.45, 7) is 6.69. The van der Waals surface area contributed by atoms with E-state index in [9.17, 15) is 9.59 Å². The number of nitrogens with zero attached hydrogens (tertiary/aromatic N) is 1. The van der Waals surface area contributed by atoms with Crippen molar-refractivity contribution < 1.29 is 14.3 Å². The number of hydrogen-bond acceptors (Lipinski definition) is 4. The van der Waals surface area contributed by atoms with Crippen molar-refractivity contribution in [1.82, 2.24) is 0 Å². The minimum absolute atomic E-state index is 0.00713. The van der Waals surface area contributed by atoms with Crippen molar-refractivity contribution in [2.75, 3.05) is 23.9 Å². The second-order valence-electron chi connectivity index (χ2n) is 9.31. The second-order valence-corrected chi connectivity index (χ2v) is 10.1. The lowest BCUT2D eigenvalue weighted by atomic mass is 9.86. The lowest BCUT2D eigenvalue weighted by Crippen LogP contribution is -2.37. The average Bonchev–Trinajstić information content (AvgIpc) is 2.84. The van der Waals surface area contributed by atoms with Gasteiger partial charge >= 0.3 is 0 Å². The Balaban J connectivity index is 1.74. The van der Waals surface area contributed by atoms with Crippen molar-refractivity contribution in [3.05, 3.63) is 88.4 Å². The molecule has 0 atom stereocenters. The maximum absolute atomic E-state index is 12.8. The number of carbonyl (C=O) groups is 2. The first kappa shape index (κ1) is 27.2. The van der Waals surface area contributed by atoms with Crippen LogP contribution in [0.2, 0.25) is 5.02 Å². The Kier molecular flexibility index (Phi) is 8.71. The lowest BCUT2D eigenvalue weighted by molar-refractivity contribution is 0.0983. The number of nitrogens with one attached hydrogen (secondary N) is 1. The SMILES string of the molecule is COc1cc(N(CCC(=O)c2ccc(C(C)(C)C)cc2)C(N)=S)ccc1NC(=O)c1ccccc1Cl. The van der Waals surface area contributed by atoms with Gasteiger partial charge in [-0.25, -0.2) is 0 Å². The van der Waals surface area contributed by atoms with Crippen molar-refractivity contribution in [2.45, 2.75) is 32.6 Å². The standard InChI is InChI=1S/C28H30ClN3O3S/c1-28(2,3)19-11-9-18(10-12-19)24(33)15-16-32(27(30)36)20-13-14-23(25(17-20)35-4)31-26(34)21-7-5-6-8-22(21)29/h5-14,17H,15-16H2,1-4H3,(H2,30,36)(H,31,34). The van der Waals surface area contributed by atoms with Crippen LogP contribution in [0.15, 0.2) is 66.7 Å². The van der Waals surface area contributed by atoms with Gasteiger partial charge in [-0.15, -0.1) is 0 Å². The average molecular weight is 524 g/mol. The van der Waals surface area contributed by atoms with Gasteiger partial charge in [0.05, 0.1) is 23.4 Å². The summed E-state index contributed by atoms with van der Waals surface area (Å²) in [5, 5.41) is 3.29. The number of methoxy groups -OCH3 is 1. The molecule has 0 aromatic heterocycles. The predicted octanol–water partition coefficient (Wildman–Crippen LogP) is 6.22. The van der Waals surface area contributed by atoms with Gasteiger partial charge in [-0.3, -0.25) is 9.59 Å². The molecule has 0 radical (unpaired) electrons. The zero-order valence-corrected chi connectivity index (χ0v) is 22.4. The molecule has 0 bridgehead atoms. The molecule has 0 fully saturated rings. The van der Waals surface area contributed by atoms with Gasteiger partial charge < -0.3 is 20.7 Å². The molecule has 36 heavy (non-hydrogen) atoms. The van der Waals surface area contributed by atoms with Crippen molar-refractivity contribution in [3.63, 3.8) is 0 Å². The van der Waals surface area contributed by atoms with E-state index in [4.69, 9.17) is 34.3 Å². The van der Waals surface area contributed by atoms with Gasteiger partial charge in [0.25, 0.3) is 5.91 Å². The van der Waals surface area contributed by atoms with Crippen LogP contribution in [-0.4, -0.2) is 30.5 Å². The molecule has 0 aliphatic heterocycles. The molecule has 3 aromatic carbocycles. The second kappa shape index (κ2) is 11.5. The molecule has 3 rings (SSSR count). The molecule has 0 saturated heterocycles. The zero-order chi connectivity index (χ0) is 26.5. The summed E-state index contributed by atoms with van der Waals surface area (Å²) in [6.07, 6.45) is 0.222. The first-order valence-corrected chi connectivity index (χ1v) is 12.2. The van der Waals surface area contributed by atoms with Crippen molar-refractivity contribution in [3.8, 4) is 5.75 Å². The number of amides is 1. The fourth-order valence-corrected chi connectivity index (χ4v) is 4.08. The summed E-state index contributed by atoms with van der Waals surface area (Å²) >= 11 is 11.4. The van der Waals surface area contributed by atoms with Crippen LogP contribution >= 0.6 is 23.8 Å². The third-order valence-corrected chi connectivity index (χ3v) is 6.31. The Labute approximate surface area is 222 Å². The highest BCUT2D eigenvalue weighted by atomic mass is 35.5. The fourth-order valence-electron chi connectivity index (χ4n) is 3.67. The molecule has 0 unspecified atom stereocenters. The third-order valence-electron chi connectivity index (χ3n) is 5.76. The van der Waals surface area contributed by atoms with E-state index in [1.807, 2.05) is 24.3 Å². The Bertz CT molecular complexity index is 1270. The molecule has 3 aromatic rings. The highest BCUT2D eigenvalue weighted by Crippen LogP contribution is 2.31. The van der Waals surface area contributed by atoms with Crippen molar-refractivity contribution >= 4 is 52.0 Å². The van der Waals surface area contributed by atoms with E-state index in [1.54, 1.807) is 47.4 Å². The molecule has 0 spiro atoms. The summed E-state index contributed by atoms with van der Waals surface area (Å²) in [7, 11) is 1.50. The molecule has 0 heterocycles. The number of benzene rings is 3. The number of halogens is 1. The van der Waals surface area contributed by atoms with Crippen LogP contribution < -0.4 is 20.7 Å². The minimum Gasteiger partial charge on any atom is -0.494 e. The number of Topliss-reactive ketones (excluding diaryl/α,β-unsaturated/α-hetero) is 1. The van der Waals surface area contributed by atoms with Crippen LogP contribution in [0.3, 0.4) is 0 Å². The minimum atomic E-state index is -0.360. The fraction of sp³-hybridized carbons (Fsp3) is 0.250. The zero-order valence-electron chi connectivity index (χ0n) is 20.8. The number of carbonyl (C=O) groups excluding carboxylic acids is 2. The van der Waals surface area contributed by atoms with Crippen molar-refractivity contribution in [2.24, 2.45) is 5.73 Å². The molecular formula is C28H30ClN3O3S. The Morgan fingerprint density at radius 2 is 1.72 bits per heavy atom.